The fourth-order valence-corrected chi connectivity index (χ4v) is 2.35. The molecule has 0 saturated carbocycles. The third-order valence-corrected chi connectivity index (χ3v) is 3.48. The van der Waals surface area contributed by atoms with Crippen LogP contribution in [-0.4, -0.2) is 14.1 Å². The molecule has 0 aliphatic rings. The Bertz CT molecular complexity index is 644. The molecule has 1 unspecified atom stereocenters. The van der Waals surface area contributed by atoms with E-state index in [0.717, 1.165) is 17.4 Å². The van der Waals surface area contributed by atoms with Crippen LogP contribution >= 0.6 is 11.6 Å². The summed E-state index contributed by atoms with van der Waals surface area (Å²) in [4.78, 5) is 1.94. The highest BCUT2D eigenvalue weighted by Gasteiger charge is 2.14. The summed E-state index contributed by atoms with van der Waals surface area (Å²) in [6.45, 7) is 1.82. The smallest absolute Gasteiger partial charge is 0.131 e. The largest absolute Gasteiger partial charge is 0.377 e. The molecule has 1 atom stereocenters. The van der Waals surface area contributed by atoms with Gasteiger partial charge in [-0.1, -0.05) is 17.7 Å². The molecule has 0 aliphatic carbocycles. The third-order valence-electron chi connectivity index (χ3n) is 3.24. The molecule has 0 radical (unpaired) electrons. The molecule has 112 valence electrons. The SMILES string of the molecule is CC(Nc1cc(Cl)ccc1N(C)C)c1ccc(F)cc1F. The van der Waals surface area contributed by atoms with Crippen LogP contribution in [0.4, 0.5) is 20.2 Å². The van der Waals surface area contributed by atoms with Crippen LogP contribution in [0.1, 0.15) is 18.5 Å². The van der Waals surface area contributed by atoms with Crippen LogP contribution in [0.3, 0.4) is 0 Å². The first-order valence-electron chi connectivity index (χ1n) is 6.57. The predicted molar refractivity (Wildman–Crippen MR) is 84.2 cm³/mol. The Hall–Kier alpha value is -1.81. The number of anilines is 2. The standard InChI is InChI=1S/C16H17ClF2N2/c1-10(13-6-5-12(18)9-14(13)19)20-15-8-11(17)4-7-16(15)21(2)3/h4-10,20H,1-3H3. The molecular weight excluding hydrogens is 294 g/mol. The molecule has 5 heteroatoms. The van der Waals surface area contributed by atoms with Crippen molar-refractivity contribution in [1.29, 1.82) is 0 Å². The van der Waals surface area contributed by atoms with E-state index in [2.05, 4.69) is 5.32 Å². The van der Waals surface area contributed by atoms with Gasteiger partial charge in [-0.15, -0.1) is 0 Å². The lowest BCUT2D eigenvalue weighted by Gasteiger charge is -2.22. The van der Waals surface area contributed by atoms with Crippen LogP contribution in [-0.2, 0) is 0 Å². The second-order valence-corrected chi connectivity index (χ2v) is 5.52. The molecule has 0 fully saturated rings. The molecule has 0 bridgehead atoms. The van der Waals surface area contributed by atoms with Crippen molar-refractivity contribution >= 4 is 23.0 Å². The van der Waals surface area contributed by atoms with Gasteiger partial charge < -0.3 is 10.2 Å². The lowest BCUT2D eigenvalue weighted by Crippen LogP contribution is -2.14. The molecule has 2 rings (SSSR count). The average Bonchev–Trinajstić information content (AvgIpc) is 2.37. The van der Waals surface area contributed by atoms with Crippen molar-refractivity contribution in [3.05, 3.63) is 58.6 Å². The summed E-state index contributed by atoms with van der Waals surface area (Å²) in [5, 5.41) is 3.81. The molecule has 2 nitrogen and oxygen atoms in total. The number of hydrogen-bond acceptors (Lipinski definition) is 2. The van der Waals surface area contributed by atoms with Crippen molar-refractivity contribution in [2.75, 3.05) is 24.3 Å². The van der Waals surface area contributed by atoms with Gasteiger partial charge in [-0.2, -0.15) is 0 Å². The van der Waals surface area contributed by atoms with Gasteiger partial charge in [-0.3, -0.25) is 0 Å². The van der Waals surface area contributed by atoms with E-state index < -0.39 is 11.6 Å². The summed E-state index contributed by atoms with van der Waals surface area (Å²) >= 11 is 6.02. The summed E-state index contributed by atoms with van der Waals surface area (Å²) in [6, 6.07) is 8.74. The summed E-state index contributed by atoms with van der Waals surface area (Å²) < 4.78 is 26.8. The summed E-state index contributed by atoms with van der Waals surface area (Å²) in [7, 11) is 3.83. The highest BCUT2D eigenvalue weighted by molar-refractivity contribution is 6.31. The maximum atomic E-state index is 13.8. The van der Waals surface area contributed by atoms with Crippen molar-refractivity contribution in [3.63, 3.8) is 0 Å². The number of halogens is 3. The van der Waals surface area contributed by atoms with E-state index in [-0.39, 0.29) is 6.04 Å². The van der Waals surface area contributed by atoms with Crippen molar-refractivity contribution in [3.8, 4) is 0 Å². The zero-order chi connectivity index (χ0) is 15.6. The van der Waals surface area contributed by atoms with Crippen LogP contribution in [0.5, 0.6) is 0 Å². The molecule has 2 aromatic rings. The Morgan fingerprint density at radius 1 is 1.10 bits per heavy atom. The summed E-state index contributed by atoms with van der Waals surface area (Å²) in [5.41, 5.74) is 2.14. The first-order valence-corrected chi connectivity index (χ1v) is 6.94. The number of nitrogens with zero attached hydrogens (tertiary/aromatic N) is 1. The number of nitrogens with one attached hydrogen (secondary N) is 1. The average molecular weight is 311 g/mol. The van der Waals surface area contributed by atoms with E-state index in [4.69, 9.17) is 11.6 Å². The fourth-order valence-electron chi connectivity index (χ4n) is 2.18. The highest BCUT2D eigenvalue weighted by atomic mass is 35.5. The van der Waals surface area contributed by atoms with E-state index in [1.54, 1.807) is 12.1 Å². The van der Waals surface area contributed by atoms with E-state index in [0.29, 0.717) is 10.6 Å². The zero-order valence-corrected chi connectivity index (χ0v) is 12.9. The van der Waals surface area contributed by atoms with Crippen LogP contribution in [0.2, 0.25) is 5.02 Å². The first-order chi connectivity index (χ1) is 9.88. The molecule has 0 aromatic heterocycles. The van der Waals surface area contributed by atoms with E-state index in [1.165, 1.54) is 12.1 Å². The Morgan fingerprint density at radius 3 is 2.43 bits per heavy atom. The lowest BCUT2D eigenvalue weighted by molar-refractivity contribution is 0.566. The maximum absolute atomic E-state index is 13.8. The van der Waals surface area contributed by atoms with Gasteiger partial charge in [0.2, 0.25) is 0 Å². The van der Waals surface area contributed by atoms with Gasteiger partial charge in [0, 0.05) is 30.7 Å². The first kappa shape index (κ1) is 15.6. The van der Waals surface area contributed by atoms with Gasteiger partial charge >= 0.3 is 0 Å². The predicted octanol–water partition coefficient (Wildman–Crippen LogP) is 4.86. The number of hydrogen-bond donors (Lipinski definition) is 1. The molecule has 0 saturated heterocycles. The molecule has 0 spiro atoms. The van der Waals surface area contributed by atoms with E-state index >= 15 is 0 Å². The van der Waals surface area contributed by atoms with Crippen LogP contribution in [0.15, 0.2) is 36.4 Å². The van der Waals surface area contributed by atoms with Crippen LogP contribution in [0, 0.1) is 11.6 Å². The Labute approximate surface area is 128 Å². The monoisotopic (exact) mass is 310 g/mol. The molecule has 0 heterocycles. The summed E-state index contributed by atoms with van der Waals surface area (Å²) in [5.74, 6) is -1.15. The minimum atomic E-state index is -0.583. The highest BCUT2D eigenvalue weighted by Crippen LogP contribution is 2.31. The third kappa shape index (κ3) is 3.64. The fraction of sp³-hybridized carbons (Fsp3) is 0.250. The van der Waals surface area contributed by atoms with Gasteiger partial charge in [-0.25, -0.2) is 8.78 Å². The maximum Gasteiger partial charge on any atom is 0.131 e. The Kier molecular flexibility index (Phi) is 4.68. The normalized spacial score (nSPS) is 12.1. The van der Waals surface area contributed by atoms with Gasteiger partial charge in [0.25, 0.3) is 0 Å². The molecule has 2 aromatic carbocycles. The van der Waals surface area contributed by atoms with Crippen LogP contribution < -0.4 is 10.2 Å². The number of benzene rings is 2. The van der Waals surface area contributed by atoms with Gasteiger partial charge in [-0.05, 0) is 31.2 Å². The molecule has 21 heavy (non-hydrogen) atoms. The Balaban J connectivity index is 2.31. The van der Waals surface area contributed by atoms with Gasteiger partial charge in [0.05, 0.1) is 17.4 Å². The van der Waals surface area contributed by atoms with E-state index in [9.17, 15) is 8.78 Å². The molecular formula is C16H17ClF2N2. The van der Waals surface area contributed by atoms with Gasteiger partial charge in [0.15, 0.2) is 0 Å². The quantitative estimate of drug-likeness (QED) is 0.867. The van der Waals surface area contributed by atoms with Crippen molar-refractivity contribution in [2.45, 2.75) is 13.0 Å². The minimum absolute atomic E-state index is 0.317. The van der Waals surface area contributed by atoms with Crippen LogP contribution in [0.25, 0.3) is 0 Å². The molecule has 0 aliphatic heterocycles. The molecule has 1 N–H and O–H groups in total. The zero-order valence-electron chi connectivity index (χ0n) is 12.1. The van der Waals surface area contributed by atoms with Gasteiger partial charge in [0.1, 0.15) is 11.6 Å². The van der Waals surface area contributed by atoms with Crippen molar-refractivity contribution in [2.24, 2.45) is 0 Å². The second-order valence-electron chi connectivity index (χ2n) is 5.09. The Morgan fingerprint density at radius 2 is 1.81 bits per heavy atom. The van der Waals surface area contributed by atoms with Crippen molar-refractivity contribution < 1.29 is 8.78 Å². The molecule has 0 amide bonds. The second kappa shape index (κ2) is 6.31. The summed E-state index contributed by atoms with van der Waals surface area (Å²) in [6.07, 6.45) is 0. The van der Waals surface area contributed by atoms with Crippen molar-refractivity contribution in [1.82, 2.24) is 0 Å². The lowest BCUT2D eigenvalue weighted by atomic mass is 10.1. The topological polar surface area (TPSA) is 15.3 Å². The number of rotatable bonds is 4. The van der Waals surface area contributed by atoms with E-state index in [1.807, 2.05) is 32.0 Å². The minimum Gasteiger partial charge on any atom is -0.377 e.